The second-order valence-electron chi connectivity index (χ2n) is 8.11. The first-order valence-corrected chi connectivity index (χ1v) is 11.2. The van der Waals surface area contributed by atoms with E-state index in [4.69, 9.17) is 15.6 Å². The number of hydrogen-bond acceptors (Lipinski definition) is 5. The van der Waals surface area contributed by atoms with Gasteiger partial charge in [-0.25, -0.2) is 9.48 Å². The van der Waals surface area contributed by atoms with Crippen molar-refractivity contribution < 1.29 is 9.53 Å². The highest BCUT2D eigenvalue weighted by atomic mass is 32.2. The molecular weight excluding hydrogens is 386 g/mol. The van der Waals surface area contributed by atoms with E-state index in [1.807, 2.05) is 4.68 Å². The lowest BCUT2D eigenvalue weighted by atomic mass is 9.96. The highest BCUT2D eigenvalue weighted by molar-refractivity contribution is 7.97. The number of nitrogens with two attached hydrogens (primary N) is 2. The van der Waals surface area contributed by atoms with Crippen molar-refractivity contribution in [3.8, 4) is 5.88 Å². The second-order valence-corrected chi connectivity index (χ2v) is 8.79. The number of primary amides is 1. The minimum Gasteiger partial charge on any atom is -0.474 e. The maximum absolute atomic E-state index is 11.2. The van der Waals surface area contributed by atoms with Crippen molar-refractivity contribution in [1.82, 2.24) is 9.78 Å². The zero-order valence-corrected chi connectivity index (χ0v) is 17.8. The van der Waals surface area contributed by atoms with E-state index in [9.17, 15) is 4.79 Å². The van der Waals surface area contributed by atoms with Crippen LogP contribution in [0.3, 0.4) is 0 Å². The van der Waals surface area contributed by atoms with Crippen molar-refractivity contribution in [2.45, 2.75) is 75.8 Å². The molecule has 1 aromatic heterocycles. The van der Waals surface area contributed by atoms with Crippen LogP contribution in [0.2, 0.25) is 0 Å². The van der Waals surface area contributed by atoms with E-state index in [0.29, 0.717) is 5.92 Å². The minimum absolute atomic E-state index is 0.278. The summed E-state index contributed by atoms with van der Waals surface area (Å²) in [4.78, 5) is 12.1. The Morgan fingerprint density at radius 2 is 2.10 bits per heavy atom. The van der Waals surface area contributed by atoms with Gasteiger partial charge in [0.05, 0.1) is 12.3 Å². The summed E-state index contributed by atoms with van der Waals surface area (Å²) in [6.45, 7) is 5.25. The van der Waals surface area contributed by atoms with Crippen molar-refractivity contribution >= 4 is 23.7 Å². The Balaban J connectivity index is 0.000000150. The third-order valence-electron chi connectivity index (χ3n) is 6.10. The van der Waals surface area contributed by atoms with Gasteiger partial charge in [0.1, 0.15) is 4.90 Å². The number of carbonyl (C=O) groups is 1. The molecule has 3 aliphatic rings. The highest BCUT2D eigenvalue weighted by Crippen LogP contribution is 2.43. The monoisotopic (exact) mass is 415 g/mol. The number of amides is 2. The summed E-state index contributed by atoms with van der Waals surface area (Å²) in [6.07, 6.45) is 8.71. The number of urea groups is 1. The van der Waals surface area contributed by atoms with Gasteiger partial charge in [-0.05, 0) is 79.1 Å². The summed E-state index contributed by atoms with van der Waals surface area (Å²) in [6, 6.07) is 1.92. The first-order chi connectivity index (χ1) is 14.0. The van der Waals surface area contributed by atoms with Gasteiger partial charge >= 0.3 is 6.03 Å². The molecule has 2 amide bonds. The fraction of sp³-hybridized carbons (Fsp3) is 0.524. The first kappa shape index (κ1) is 20.1. The van der Waals surface area contributed by atoms with Crippen LogP contribution in [0.4, 0.5) is 10.5 Å². The smallest absolute Gasteiger partial charge is 0.316 e. The zero-order valence-electron chi connectivity index (χ0n) is 17.0. The number of aromatic nitrogens is 2. The Morgan fingerprint density at radius 1 is 1.28 bits per heavy atom. The quantitative estimate of drug-likeness (QED) is 0.648. The van der Waals surface area contributed by atoms with Crippen molar-refractivity contribution in [2.24, 2.45) is 10.9 Å². The Bertz CT molecular complexity index is 913. The van der Waals surface area contributed by atoms with Gasteiger partial charge in [0, 0.05) is 18.7 Å². The summed E-state index contributed by atoms with van der Waals surface area (Å²) in [5.74, 6) is 1.44. The Labute approximate surface area is 175 Å². The molecule has 0 radical (unpaired) electrons. The summed E-state index contributed by atoms with van der Waals surface area (Å²) >= 11 is 1.18. The van der Waals surface area contributed by atoms with Gasteiger partial charge in [0.15, 0.2) is 0 Å². The third-order valence-corrected chi connectivity index (χ3v) is 6.63. The Morgan fingerprint density at radius 3 is 2.86 bits per heavy atom. The number of rotatable bonds is 2. The molecule has 29 heavy (non-hydrogen) atoms. The largest absolute Gasteiger partial charge is 0.474 e. The van der Waals surface area contributed by atoms with Crippen molar-refractivity contribution in [3.05, 3.63) is 34.5 Å². The number of fused-ring (bicyclic) bond motifs is 3. The van der Waals surface area contributed by atoms with Crippen LogP contribution in [-0.2, 0) is 25.8 Å². The average Bonchev–Trinajstić information content (AvgIpc) is 3.40. The number of nitrogens with zero attached hydrogens (tertiary/aromatic N) is 2. The average molecular weight is 416 g/mol. The number of anilines is 1. The van der Waals surface area contributed by atoms with Crippen LogP contribution in [0.25, 0.3) is 0 Å². The van der Waals surface area contributed by atoms with E-state index in [-0.39, 0.29) is 6.10 Å². The second kappa shape index (κ2) is 8.28. The SMILES string of the molecule is CC1CCc2c1cc1c(c2NC(N)=O)CCC1.CC1CCn2ncc(SN)c2O1. The van der Waals surface area contributed by atoms with E-state index in [1.54, 1.807) is 6.20 Å². The first-order valence-electron chi connectivity index (χ1n) is 10.3. The third kappa shape index (κ3) is 3.96. The molecule has 1 aliphatic heterocycles. The molecule has 0 saturated carbocycles. The number of carbonyl (C=O) groups excluding carboxylic acids is 1. The van der Waals surface area contributed by atoms with Gasteiger partial charge in [-0.3, -0.25) is 5.14 Å². The van der Waals surface area contributed by atoms with Gasteiger partial charge in [0.25, 0.3) is 0 Å². The zero-order chi connectivity index (χ0) is 20.5. The number of benzene rings is 1. The van der Waals surface area contributed by atoms with Crippen LogP contribution < -0.4 is 20.9 Å². The molecule has 0 saturated heterocycles. The van der Waals surface area contributed by atoms with Crippen LogP contribution in [0.5, 0.6) is 5.88 Å². The van der Waals surface area contributed by atoms with Crippen LogP contribution in [0.15, 0.2) is 17.2 Å². The molecule has 5 N–H and O–H groups in total. The summed E-state index contributed by atoms with van der Waals surface area (Å²) < 4.78 is 7.45. The number of hydrogen-bond donors (Lipinski definition) is 3. The summed E-state index contributed by atoms with van der Waals surface area (Å²) in [5, 5.41) is 12.5. The van der Waals surface area contributed by atoms with Gasteiger partial charge in [-0.1, -0.05) is 13.0 Å². The highest BCUT2D eigenvalue weighted by Gasteiger charge is 2.27. The molecular formula is C21H29N5O2S. The van der Waals surface area contributed by atoms with E-state index in [2.05, 4.69) is 30.3 Å². The standard InChI is InChI=1S/C14H18N2O.C7H11N3OS/c1-8-5-6-11-12(8)7-9-3-2-4-10(9)13(11)16-14(15)17;1-5-2-3-10-7(11-5)6(12-8)4-9-10/h7-8H,2-6H2,1H3,(H3,15,16,17);4-5H,2-3,8H2,1H3. The lowest BCUT2D eigenvalue weighted by molar-refractivity contribution is 0.144. The van der Waals surface area contributed by atoms with Gasteiger partial charge in [-0.15, -0.1) is 0 Å². The van der Waals surface area contributed by atoms with Crippen LogP contribution in [-0.4, -0.2) is 21.9 Å². The normalized spacial score (nSPS) is 21.3. The molecule has 2 unspecified atom stereocenters. The van der Waals surface area contributed by atoms with E-state index in [1.165, 1.54) is 47.0 Å². The van der Waals surface area contributed by atoms with Crippen molar-refractivity contribution in [3.63, 3.8) is 0 Å². The fourth-order valence-corrected chi connectivity index (χ4v) is 4.94. The molecule has 0 spiro atoms. The molecule has 7 nitrogen and oxygen atoms in total. The van der Waals surface area contributed by atoms with Crippen LogP contribution in [0.1, 0.15) is 61.3 Å². The maximum atomic E-state index is 11.2. The maximum Gasteiger partial charge on any atom is 0.316 e. The van der Waals surface area contributed by atoms with Crippen molar-refractivity contribution in [1.29, 1.82) is 0 Å². The molecule has 2 aromatic rings. The van der Waals surface area contributed by atoms with Gasteiger partial charge in [-0.2, -0.15) is 5.10 Å². The van der Waals surface area contributed by atoms with Crippen molar-refractivity contribution in [2.75, 3.05) is 5.32 Å². The Hall–Kier alpha value is -2.19. The van der Waals surface area contributed by atoms with Gasteiger partial charge in [0.2, 0.25) is 5.88 Å². The molecule has 8 heteroatoms. The summed E-state index contributed by atoms with van der Waals surface area (Å²) in [5.41, 5.74) is 11.8. The number of ether oxygens (including phenoxy) is 1. The molecule has 5 rings (SSSR count). The predicted molar refractivity (Wildman–Crippen MR) is 115 cm³/mol. The molecule has 0 bridgehead atoms. The van der Waals surface area contributed by atoms with E-state index < -0.39 is 6.03 Å². The topological polar surface area (TPSA) is 108 Å². The number of aryl methyl sites for hydroxylation is 2. The van der Waals surface area contributed by atoms with Crippen LogP contribution in [0, 0.1) is 0 Å². The summed E-state index contributed by atoms with van der Waals surface area (Å²) in [7, 11) is 0. The fourth-order valence-electron chi connectivity index (χ4n) is 4.58. The van der Waals surface area contributed by atoms with Crippen LogP contribution >= 0.6 is 11.9 Å². The lowest BCUT2D eigenvalue weighted by Crippen LogP contribution is -2.23. The Kier molecular flexibility index (Phi) is 5.74. The molecule has 2 aliphatic carbocycles. The lowest BCUT2D eigenvalue weighted by Gasteiger charge is -2.21. The van der Waals surface area contributed by atoms with E-state index >= 15 is 0 Å². The molecule has 1 aromatic carbocycles. The number of nitrogens with one attached hydrogen (secondary N) is 1. The van der Waals surface area contributed by atoms with E-state index in [0.717, 1.165) is 48.7 Å². The molecule has 2 atom stereocenters. The minimum atomic E-state index is -0.438. The molecule has 0 fully saturated rings. The predicted octanol–water partition coefficient (Wildman–Crippen LogP) is 3.74. The molecule has 2 heterocycles. The molecule has 156 valence electrons. The van der Waals surface area contributed by atoms with Gasteiger partial charge < -0.3 is 15.8 Å².